The first-order chi connectivity index (χ1) is 11.8. The number of nitrogens with one attached hydrogen (secondary N) is 2. The number of nitrogens with zero attached hydrogens (tertiary/aromatic N) is 4. The van der Waals surface area contributed by atoms with Crippen LogP contribution < -0.4 is 10.6 Å². The van der Waals surface area contributed by atoms with Gasteiger partial charge in [0.25, 0.3) is 0 Å². The zero-order chi connectivity index (χ0) is 18.4. The molecular formula is C17H22N6O2. The Morgan fingerprint density at radius 3 is 2.72 bits per heavy atom. The molecule has 2 amide bonds. The van der Waals surface area contributed by atoms with Gasteiger partial charge in [0.15, 0.2) is 5.82 Å². The maximum Gasteiger partial charge on any atom is 0.247 e. The molecule has 0 radical (unpaired) electrons. The summed E-state index contributed by atoms with van der Waals surface area (Å²) in [5.41, 5.74) is 1.14. The Morgan fingerprint density at radius 1 is 1.32 bits per heavy atom. The first-order valence-corrected chi connectivity index (χ1v) is 7.86. The minimum absolute atomic E-state index is 0.167. The van der Waals surface area contributed by atoms with Gasteiger partial charge in [0.05, 0.1) is 18.5 Å². The Hall–Kier alpha value is -3.03. The van der Waals surface area contributed by atoms with Crippen molar-refractivity contribution >= 4 is 17.5 Å². The van der Waals surface area contributed by atoms with E-state index in [1.54, 1.807) is 18.2 Å². The van der Waals surface area contributed by atoms with E-state index in [1.165, 1.54) is 10.9 Å². The molecule has 0 aliphatic carbocycles. The fourth-order valence-electron chi connectivity index (χ4n) is 1.98. The van der Waals surface area contributed by atoms with Crippen LogP contribution >= 0.6 is 0 Å². The standard InChI is InChI=1S/C17H22N6O2/c1-5-15(24)19-13-8-6-7-12(9-13)10-16(25)18-11-14-20-22-23(21-14)17(2,3)4/h5-9H,1,10-11H2,2-4H3,(H,18,25)(H,19,24). The number of carbonyl (C=O) groups excluding carboxylic acids is 2. The molecule has 2 aromatic rings. The zero-order valence-electron chi connectivity index (χ0n) is 14.6. The minimum Gasteiger partial charge on any atom is -0.348 e. The number of tetrazole rings is 1. The van der Waals surface area contributed by atoms with E-state index in [0.717, 1.165) is 5.56 Å². The molecule has 2 N–H and O–H groups in total. The second kappa shape index (κ2) is 7.69. The predicted octanol–water partition coefficient (Wildman–Crippen LogP) is 1.41. The van der Waals surface area contributed by atoms with Crippen molar-refractivity contribution in [1.29, 1.82) is 0 Å². The number of aromatic nitrogens is 4. The number of hydrogen-bond acceptors (Lipinski definition) is 5. The van der Waals surface area contributed by atoms with Crippen molar-refractivity contribution in [3.8, 4) is 0 Å². The van der Waals surface area contributed by atoms with Gasteiger partial charge in [-0.2, -0.15) is 4.80 Å². The third-order valence-corrected chi connectivity index (χ3v) is 3.24. The summed E-state index contributed by atoms with van der Waals surface area (Å²) >= 11 is 0. The Kier molecular flexibility index (Phi) is 5.63. The lowest BCUT2D eigenvalue weighted by molar-refractivity contribution is -0.120. The van der Waals surface area contributed by atoms with Gasteiger partial charge in [0.1, 0.15) is 0 Å². The molecule has 132 valence electrons. The fourth-order valence-corrected chi connectivity index (χ4v) is 1.98. The average Bonchev–Trinajstić information content (AvgIpc) is 3.02. The summed E-state index contributed by atoms with van der Waals surface area (Å²) in [7, 11) is 0. The number of anilines is 1. The molecular weight excluding hydrogens is 320 g/mol. The van der Waals surface area contributed by atoms with E-state index in [9.17, 15) is 9.59 Å². The Bertz CT molecular complexity index is 775. The van der Waals surface area contributed by atoms with Crippen molar-refractivity contribution in [1.82, 2.24) is 25.5 Å². The van der Waals surface area contributed by atoms with Crippen molar-refractivity contribution in [2.24, 2.45) is 0 Å². The van der Waals surface area contributed by atoms with E-state index in [0.29, 0.717) is 11.5 Å². The summed E-state index contributed by atoms with van der Waals surface area (Å²) in [5.74, 6) is -0.0100. The van der Waals surface area contributed by atoms with Gasteiger partial charge in [0.2, 0.25) is 11.8 Å². The first-order valence-electron chi connectivity index (χ1n) is 7.86. The Balaban J connectivity index is 1.90. The molecule has 8 heteroatoms. The first kappa shape index (κ1) is 18.3. The van der Waals surface area contributed by atoms with E-state index >= 15 is 0 Å². The van der Waals surface area contributed by atoms with Crippen molar-refractivity contribution in [2.45, 2.75) is 39.3 Å². The van der Waals surface area contributed by atoms with Crippen molar-refractivity contribution < 1.29 is 9.59 Å². The molecule has 0 aliphatic rings. The molecule has 1 aromatic heterocycles. The van der Waals surface area contributed by atoms with Gasteiger partial charge in [0, 0.05) is 5.69 Å². The van der Waals surface area contributed by atoms with Crippen LogP contribution in [0.5, 0.6) is 0 Å². The molecule has 0 bridgehead atoms. The topological polar surface area (TPSA) is 102 Å². The number of hydrogen-bond donors (Lipinski definition) is 2. The molecule has 0 spiro atoms. The van der Waals surface area contributed by atoms with Crippen LogP contribution in [0.25, 0.3) is 0 Å². The number of carbonyl (C=O) groups is 2. The van der Waals surface area contributed by atoms with Gasteiger partial charge in [-0.05, 0) is 49.8 Å². The van der Waals surface area contributed by atoms with E-state index in [-0.39, 0.29) is 30.3 Å². The molecule has 0 saturated carbocycles. The Morgan fingerprint density at radius 2 is 2.08 bits per heavy atom. The monoisotopic (exact) mass is 342 g/mol. The van der Waals surface area contributed by atoms with Crippen LogP contribution in [-0.4, -0.2) is 32.0 Å². The second-order valence-electron chi connectivity index (χ2n) is 6.51. The van der Waals surface area contributed by atoms with Gasteiger partial charge >= 0.3 is 0 Å². The van der Waals surface area contributed by atoms with Gasteiger partial charge in [-0.1, -0.05) is 18.7 Å². The molecule has 1 heterocycles. The fraction of sp³-hybridized carbons (Fsp3) is 0.353. The molecule has 0 atom stereocenters. The summed E-state index contributed by atoms with van der Waals surface area (Å²) in [6.07, 6.45) is 1.38. The molecule has 2 rings (SSSR count). The highest BCUT2D eigenvalue weighted by atomic mass is 16.2. The SMILES string of the molecule is C=CC(=O)Nc1cccc(CC(=O)NCc2nnn(C(C)(C)C)n2)c1. The lowest BCUT2D eigenvalue weighted by Gasteiger charge is -2.15. The third kappa shape index (κ3) is 5.52. The van der Waals surface area contributed by atoms with Crippen LogP contribution in [0.3, 0.4) is 0 Å². The highest BCUT2D eigenvalue weighted by Gasteiger charge is 2.17. The largest absolute Gasteiger partial charge is 0.348 e. The number of benzene rings is 1. The van der Waals surface area contributed by atoms with Crippen molar-refractivity contribution in [2.75, 3.05) is 5.32 Å². The van der Waals surface area contributed by atoms with Crippen molar-refractivity contribution in [3.05, 3.63) is 48.3 Å². The smallest absolute Gasteiger partial charge is 0.247 e. The van der Waals surface area contributed by atoms with Gasteiger partial charge in [-0.25, -0.2) is 0 Å². The van der Waals surface area contributed by atoms with Crippen molar-refractivity contribution in [3.63, 3.8) is 0 Å². The summed E-state index contributed by atoms with van der Waals surface area (Å²) in [6.45, 7) is 9.52. The van der Waals surface area contributed by atoms with E-state index < -0.39 is 0 Å². The number of amides is 2. The second-order valence-corrected chi connectivity index (χ2v) is 6.51. The van der Waals surface area contributed by atoms with Gasteiger partial charge in [-0.15, -0.1) is 10.2 Å². The maximum absolute atomic E-state index is 12.1. The van der Waals surface area contributed by atoms with Gasteiger partial charge in [-0.3, -0.25) is 9.59 Å². The van der Waals surface area contributed by atoms with Crippen LogP contribution in [0.15, 0.2) is 36.9 Å². The highest BCUT2D eigenvalue weighted by Crippen LogP contribution is 2.12. The average molecular weight is 342 g/mol. The van der Waals surface area contributed by atoms with Crippen LogP contribution in [-0.2, 0) is 28.1 Å². The zero-order valence-corrected chi connectivity index (χ0v) is 14.6. The quantitative estimate of drug-likeness (QED) is 0.773. The molecule has 1 aromatic carbocycles. The predicted molar refractivity (Wildman–Crippen MR) is 93.6 cm³/mol. The Labute approximate surface area is 146 Å². The molecule has 0 aliphatic heterocycles. The molecule has 8 nitrogen and oxygen atoms in total. The van der Waals surface area contributed by atoms with E-state index in [4.69, 9.17) is 0 Å². The van der Waals surface area contributed by atoms with E-state index in [1.807, 2.05) is 26.8 Å². The summed E-state index contributed by atoms with van der Waals surface area (Å²) < 4.78 is 0. The van der Waals surface area contributed by atoms with Gasteiger partial charge < -0.3 is 10.6 Å². The van der Waals surface area contributed by atoms with Crippen LogP contribution in [0.4, 0.5) is 5.69 Å². The summed E-state index contributed by atoms with van der Waals surface area (Å²) in [6, 6.07) is 7.09. The van der Waals surface area contributed by atoms with Crippen LogP contribution in [0.2, 0.25) is 0 Å². The third-order valence-electron chi connectivity index (χ3n) is 3.24. The molecule has 0 unspecified atom stereocenters. The molecule has 0 fully saturated rings. The molecule has 25 heavy (non-hydrogen) atoms. The lowest BCUT2D eigenvalue weighted by atomic mass is 10.1. The maximum atomic E-state index is 12.1. The lowest BCUT2D eigenvalue weighted by Crippen LogP contribution is -2.26. The summed E-state index contributed by atoms with van der Waals surface area (Å²) in [5, 5.41) is 17.6. The minimum atomic E-state index is -0.297. The normalized spacial score (nSPS) is 11.0. The summed E-state index contributed by atoms with van der Waals surface area (Å²) in [4.78, 5) is 24.9. The van der Waals surface area contributed by atoms with Crippen LogP contribution in [0.1, 0.15) is 32.2 Å². The van der Waals surface area contributed by atoms with Crippen LogP contribution in [0, 0.1) is 0 Å². The highest BCUT2D eigenvalue weighted by molar-refractivity contribution is 5.98. The number of rotatable bonds is 6. The van der Waals surface area contributed by atoms with E-state index in [2.05, 4.69) is 32.6 Å². The molecule has 0 saturated heterocycles.